The van der Waals surface area contributed by atoms with Crippen LogP contribution in [0.15, 0.2) is 0 Å². The molecule has 16 heavy (non-hydrogen) atoms. The fourth-order valence-electron chi connectivity index (χ4n) is 1.40. The van der Waals surface area contributed by atoms with E-state index >= 15 is 0 Å². The quantitative estimate of drug-likeness (QED) is 0.846. The molecule has 0 aliphatic heterocycles. The predicted molar refractivity (Wildman–Crippen MR) is 71.9 cm³/mol. The lowest BCUT2D eigenvalue weighted by molar-refractivity contribution is 0.413. The molecule has 0 amide bonds. The molecule has 0 atom stereocenters. The smallest absolute Gasteiger partial charge is 0.0844 e. The van der Waals surface area contributed by atoms with Gasteiger partial charge in [-0.15, -0.1) is 0 Å². The fraction of sp³-hybridized carbons (Fsp3) is 0.636. The zero-order chi connectivity index (χ0) is 12.5. The van der Waals surface area contributed by atoms with Crippen LogP contribution in [-0.4, -0.2) is 14.8 Å². The van der Waals surface area contributed by atoms with E-state index in [0.29, 0.717) is 4.99 Å². The average molecular weight is 260 g/mol. The summed E-state index contributed by atoms with van der Waals surface area (Å²) in [5.41, 5.74) is 7.40. The lowest BCUT2D eigenvalue weighted by Gasteiger charge is -2.23. The van der Waals surface area contributed by atoms with Gasteiger partial charge in [-0.1, -0.05) is 37.7 Å². The molecule has 90 valence electrons. The zero-order valence-electron chi connectivity index (χ0n) is 10.2. The molecule has 0 unspecified atom stereocenters. The molecular weight excluding hydrogens is 242 g/mol. The number of aryl methyl sites for hydroxylation is 2. The maximum absolute atomic E-state index is 6.08. The van der Waals surface area contributed by atoms with Gasteiger partial charge in [0, 0.05) is 12.0 Å². The minimum absolute atomic E-state index is 0.145. The van der Waals surface area contributed by atoms with Crippen LogP contribution < -0.4 is 5.73 Å². The van der Waals surface area contributed by atoms with E-state index in [1.54, 1.807) is 0 Å². The summed E-state index contributed by atoms with van der Waals surface area (Å²) in [5, 5.41) is 5.12. The van der Waals surface area contributed by atoms with E-state index in [9.17, 15) is 0 Å². The van der Waals surface area contributed by atoms with Gasteiger partial charge < -0.3 is 5.73 Å². The number of aromatic nitrogens is 2. The number of thiocarbonyl (C=S) groups is 1. The van der Waals surface area contributed by atoms with Gasteiger partial charge in [-0.25, -0.2) is 0 Å². The minimum Gasteiger partial charge on any atom is -0.393 e. The van der Waals surface area contributed by atoms with Crippen LogP contribution >= 0.6 is 23.8 Å². The molecule has 0 fully saturated rings. The van der Waals surface area contributed by atoms with Crippen molar-refractivity contribution in [1.82, 2.24) is 9.78 Å². The molecule has 0 saturated carbocycles. The first-order valence-electron chi connectivity index (χ1n) is 5.25. The Balaban J connectivity index is 2.76. The Labute approximate surface area is 107 Å². The maximum atomic E-state index is 6.08. The van der Waals surface area contributed by atoms with Crippen LogP contribution in [0.5, 0.6) is 0 Å². The Bertz CT molecular complexity index is 410. The minimum atomic E-state index is -0.145. The van der Waals surface area contributed by atoms with Crippen LogP contribution in [0.4, 0.5) is 0 Å². The summed E-state index contributed by atoms with van der Waals surface area (Å²) in [6, 6.07) is 0. The van der Waals surface area contributed by atoms with Crippen molar-refractivity contribution in [1.29, 1.82) is 0 Å². The molecule has 0 spiro atoms. The van der Waals surface area contributed by atoms with Crippen LogP contribution in [0, 0.1) is 19.3 Å². The van der Waals surface area contributed by atoms with Crippen molar-refractivity contribution in [3.05, 3.63) is 16.4 Å². The summed E-state index contributed by atoms with van der Waals surface area (Å²) >= 11 is 11.1. The fourth-order valence-corrected chi connectivity index (χ4v) is 1.64. The normalized spacial score (nSPS) is 11.8. The highest BCUT2D eigenvalue weighted by molar-refractivity contribution is 7.80. The standard InChI is InChI=1S/C11H18ClN3S/c1-7-9(12)8(2)15(14-7)6-5-11(3,4)10(13)16/h5-6H2,1-4H3,(H2,13,16). The SMILES string of the molecule is Cc1nn(CCC(C)(C)C(N)=S)c(C)c1Cl. The lowest BCUT2D eigenvalue weighted by atomic mass is 9.89. The summed E-state index contributed by atoms with van der Waals surface area (Å²) < 4.78 is 1.91. The van der Waals surface area contributed by atoms with E-state index in [0.717, 1.165) is 29.4 Å². The van der Waals surface area contributed by atoms with Crippen LogP contribution in [-0.2, 0) is 6.54 Å². The van der Waals surface area contributed by atoms with Crippen molar-refractivity contribution >= 4 is 28.8 Å². The van der Waals surface area contributed by atoms with Crippen LogP contribution in [0.25, 0.3) is 0 Å². The van der Waals surface area contributed by atoms with Crippen LogP contribution in [0.3, 0.4) is 0 Å². The monoisotopic (exact) mass is 259 g/mol. The van der Waals surface area contributed by atoms with E-state index in [1.807, 2.05) is 32.4 Å². The molecule has 1 aromatic heterocycles. The van der Waals surface area contributed by atoms with Crippen molar-refractivity contribution in [3.63, 3.8) is 0 Å². The Morgan fingerprint density at radius 1 is 1.50 bits per heavy atom. The summed E-state index contributed by atoms with van der Waals surface area (Å²) in [5.74, 6) is 0. The van der Waals surface area contributed by atoms with Crippen molar-refractivity contribution in [2.45, 2.75) is 40.7 Å². The Kier molecular flexibility index (Phi) is 3.97. The number of hydrogen-bond donors (Lipinski definition) is 1. The van der Waals surface area contributed by atoms with Crippen molar-refractivity contribution < 1.29 is 0 Å². The molecule has 3 nitrogen and oxygen atoms in total. The van der Waals surface area contributed by atoms with Crippen LogP contribution in [0.2, 0.25) is 5.02 Å². The molecule has 0 bridgehead atoms. The highest BCUT2D eigenvalue weighted by atomic mass is 35.5. The second-order valence-electron chi connectivity index (χ2n) is 4.71. The van der Waals surface area contributed by atoms with Crippen LogP contribution in [0.1, 0.15) is 31.7 Å². The topological polar surface area (TPSA) is 43.8 Å². The number of rotatable bonds is 4. The number of nitrogens with zero attached hydrogens (tertiary/aromatic N) is 2. The number of hydrogen-bond acceptors (Lipinski definition) is 2. The van der Waals surface area contributed by atoms with E-state index in [-0.39, 0.29) is 5.41 Å². The first-order valence-corrected chi connectivity index (χ1v) is 6.03. The zero-order valence-corrected chi connectivity index (χ0v) is 11.7. The van der Waals surface area contributed by atoms with E-state index in [1.165, 1.54) is 0 Å². The number of halogens is 1. The maximum Gasteiger partial charge on any atom is 0.0844 e. The van der Waals surface area contributed by atoms with Gasteiger partial charge in [-0.05, 0) is 20.3 Å². The molecule has 0 saturated heterocycles. The van der Waals surface area contributed by atoms with Crippen molar-refractivity contribution in [3.8, 4) is 0 Å². The molecule has 0 radical (unpaired) electrons. The summed E-state index contributed by atoms with van der Waals surface area (Å²) in [7, 11) is 0. The molecule has 1 rings (SSSR count). The lowest BCUT2D eigenvalue weighted by Crippen LogP contribution is -2.31. The largest absolute Gasteiger partial charge is 0.393 e. The Hall–Kier alpha value is -0.610. The van der Waals surface area contributed by atoms with Crippen molar-refractivity contribution in [2.24, 2.45) is 11.1 Å². The van der Waals surface area contributed by atoms with Crippen molar-refractivity contribution in [2.75, 3.05) is 0 Å². The van der Waals surface area contributed by atoms with Gasteiger partial charge in [0.25, 0.3) is 0 Å². The first kappa shape index (κ1) is 13.5. The van der Waals surface area contributed by atoms with E-state index in [2.05, 4.69) is 5.10 Å². The molecule has 1 heterocycles. The molecular formula is C11H18ClN3S. The van der Waals surface area contributed by atoms with Gasteiger partial charge >= 0.3 is 0 Å². The summed E-state index contributed by atoms with van der Waals surface area (Å²) in [6.45, 7) is 8.75. The van der Waals surface area contributed by atoms with E-state index in [4.69, 9.17) is 29.6 Å². The van der Waals surface area contributed by atoms with Gasteiger partial charge in [0.2, 0.25) is 0 Å². The van der Waals surface area contributed by atoms with Gasteiger partial charge in [-0.3, -0.25) is 4.68 Å². The Morgan fingerprint density at radius 2 is 2.06 bits per heavy atom. The highest BCUT2D eigenvalue weighted by Crippen LogP contribution is 2.24. The molecule has 0 aliphatic rings. The molecule has 0 aromatic carbocycles. The summed E-state index contributed by atoms with van der Waals surface area (Å²) in [4.78, 5) is 0.542. The molecule has 2 N–H and O–H groups in total. The van der Waals surface area contributed by atoms with Gasteiger partial charge in [0.1, 0.15) is 0 Å². The second kappa shape index (κ2) is 4.72. The average Bonchev–Trinajstić information content (AvgIpc) is 2.43. The van der Waals surface area contributed by atoms with Gasteiger partial charge in [0.05, 0.1) is 21.4 Å². The molecule has 1 aromatic rings. The predicted octanol–water partition coefficient (Wildman–Crippen LogP) is 2.86. The third-order valence-corrected chi connectivity index (χ3v) is 4.01. The Morgan fingerprint density at radius 3 is 2.44 bits per heavy atom. The molecule has 0 aliphatic carbocycles. The summed E-state index contributed by atoms with van der Waals surface area (Å²) in [6.07, 6.45) is 0.862. The molecule has 5 heteroatoms. The van der Waals surface area contributed by atoms with Gasteiger partial charge in [0.15, 0.2) is 0 Å². The van der Waals surface area contributed by atoms with Gasteiger partial charge in [-0.2, -0.15) is 5.10 Å². The third-order valence-electron chi connectivity index (χ3n) is 2.91. The highest BCUT2D eigenvalue weighted by Gasteiger charge is 2.22. The third kappa shape index (κ3) is 2.74. The first-order chi connectivity index (χ1) is 7.25. The van der Waals surface area contributed by atoms with E-state index < -0.39 is 0 Å². The second-order valence-corrected chi connectivity index (χ2v) is 5.52. The number of nitrogens with two attached hydrogens (primary N) is 1.